The van der Waals surface area contributed by atoms with Crippen LogP contribution >= 0.6 is 0 Å². The van der Waals surface area contributed by atoms with Gasteiger partial charge in [0.2, 0.25) is 10.0 Å². The van der Waals surface area contributed by atoms with Crippen LogP contribution < -0.4 is 4.72 Å². The number of likely N-dealkylation sites (tertiary alicyclic amines) is 1. The van der Waals surface area contributed by atoms with Crippen molar-refractivity contribution in [1.82, 2.24) is 14.5 Å². The van der Waals surface area contributed by atoms with E-state index in [1.165, 1.54) is 23.6 Å². The van der Waals surface area contributed by atoms with E-state index in [0.29, 0.717) is 18.9 Å². The second kappa shape index (κ2) is 8.77. The predicted molar refractivity (Wildman–Crippen MR) is 114 cm³/mol. The molecular weight excluding hydrogens is 405 g/mol. The van der Waals surface area contributed by atoms with Gasteiger partial charge in [-0.05, 0) is 56.3 Å². The third-order valence-corrected chi connectivity index (χ3v) is 8.83. The van der Waals surface area contributed by atoms with E-state index in [9.17, 15) is 17.6 Å². The van der Waals surface area contributed by atoms with Gasteiger partial charge in [-0.2, -0.15) is 0 Å². The van der Waals surface area contributed by atoms with Gasteiger partial charge in [-0.1, -0.05) is 30.3 Å². The highest BCUT2D eigenvalue weighted by Crippen LogP contribution is 2.41. The zero-order valence-corrected chi connectivity index (χ0v) is 18.2. The number of sulfonamides is 1. The topological polar surface area (TPSA) is 69.7 Å². The van der Waals surface area contributed by atoms with Gasteiger partial charge in [-0.3, -0.25) is 9.69 Å². The zero-order valence-electron chi connectivity index (χ0n) is 17.3. The standard InChI is InChI=1S/C22H30FN3O3S/c1-25-20-14-21(18(20)13-19(23)22(25)27)30(28,29)24-10-7-16-8-11-26(12-9-16)15-17-5-3-2-4-6-17/h2-6,13,16,18,20-21,24H,7-12,14-15H2,1H3/t18-,20-,21-/m1/s1. The number of likely N-dealkylation sites (N-methyl/N-ethyl adjacent to an activating group) is 1. The van der Waals surface area contributed by atoms with Crippen LogP contribution in [0.25, 0.3) is 0 Å². The number of halogens is 1. The quantitative estimate of drug-likeness (QED) is 0.714. The van der Waals surface area contributed by atoms with Crippen LogP contribution in [0.15, 0.2) is 42.2 Å². The summed E-state index contributed by atoms with van der Waals surface area (Å²) in [7, 11) is -1.99. The Morgan fingerprint density at radius 3 is 2.57 bits per heavy atom. The lowest BCUT2D eigenvalue weighted by molar-refractivity contribution is -0.133. The SMILES string of the molecule is CN1C(=O)C(F)=C[C@@H]2[C@H]1C[C@H]2S(=O)(=O)NCCC1CCN(Cc2ccccc2)CC1. The molecule has 164 valence electrons. The molecule has 8 heteroatoms. The van der Waals surface area contributed by atoms with Gasteiger partial charge >= 0.3 is 0 Å². The average Bonchev–Trinajstić information content (AvgIpc) is 2.71. The normalized spacial score (nSPS) is 28.1. The molecule has 2 aliphatic heterocycles. The highest BCUT2D eigenvalue weighted by atomic mass is 32.2. The minimum Gasteiger partial charge on any atom is -0.336 e. The maximum Gasteiger partial charge on any atom is 0.282 e. The molecule has 1 amide bonds. The lowest BCUT2D eigenvalue weighted by atomic mass is 9.75. The van der Waals surface area contributed by atoms with Crippen molar-refractivity contribution in [3.8, 4) is 0 Å². The molecule has 3 atom stereocenters. The van der Waals surface area contributed by atoms with Gasteiger partial charge in [0.1, 0.15) is 0 Å². The number of rotatable bonds is 7. The molecule has 30 heavy (non-hydrogen) atoms. The van der Waals surface area contributed by atoms with Gasteiger partial charge in [-0.15, -0.1) is 0 Å². The highest BCUT2D eigenvalue weighted by molar-refractivity contribution is 7.90. The maximum absolute atomic E-state index is 13.8. The number of carbonyl (C=O) groups excluding carboxylic acids is 1. The van der Waals surface area contributed by atoms with E-state index < -0.39 is 32.9 Å². The number of fused-ring (bicyclic) bond motifs is 1. The third kappa shape index (κ3) is 4.45. The highest BCUT2D eigenvalue weighted by Gasteiger charge is 2.52. The minimum absolute atomic E-state index is 0.215. The molecule has 1 aliphatic carbocycles. The van der Waals surface area contributed by atoms with Crippen molar-refractivity contribution in [3.63, 3.8) is 0 Å². The van der Waals surface area contributed by atoms with Crippen molar-refractivity contribution in [1.29, 1.82) is 0 Å². The molecule has 2 fully saturated rings. The summed E-state index contributed by atoms with van der Waals surface area (Å²) in [6, 6.07) is 10.2. The predicted octanol–water partition coefficient (Wildman–Crippen LogP) is 2.29. The number of carbonyl (C=O) groups is 1. The van der Waals surface area contributed by atoms with Crippen molar-refractivity contribution in [2.75, 3.05) is 26.7 Å². The first-order chi connectivity index (χ1) is 14.3. The first-order valence-corrected chi connectivity index (χ1v) is 12.3. The molecule has 0 spiro atoms. The van der Waals surface area contributed by atoms with Crippen molar-refractivity contribution in [2.45, 2.75) is 43.5 Å². The summed E-state index contributed by atoms with van der Waals surface area (Å²) in [5.41, 5.74) is 1.32. The molecule has 1 aromatic carbocycles. The Morgan fingerprint density at radius 2 is 1.87 bits per heavy atom. The molecule has 1 aromatic rings. The van der Waals surface area contributed by atoms with Crippen LogP contribution in [0.3, 0.4) is 0 Å². The average molecular weight is 436 g/mol. The lowest BCUT2D eigenvalue weighted by Crippen LogP contribution is -2.61. The van der Waals surface area contributed by atoms with Crippen molar-refractivity contribution < 1.29 is 17.6 Å². The lowest BCUT2D eigenvalue weighted by Gasteiger charge is -2.48. The summed E-state index contributed by atoms with van der Waals surface area (Å²) in [6.07, 6.45) is 4.53. The molecule has 2 heterocycles. The van der Waals surface area contributed by atoms with E-state index >= 15 is 0 Å². The molecule has 1 saturated carbocycles. The van der Waals surface area contributed by atoms with E-state index in [-0.39, 0.29) is 6.04 Å². The van der Waals surface area contributed by atoms with Gasteiger partial charge in [0.15, 0.2) is 5.83 Å². The number of nitrogens with one attached hydrogen (secondary N) is 1. The van der Waals surface area contributed by atoms with Gasteiger partial charge in [0.25, 0.3) is 5.91 Å². The van der Waals surface area contributed by atoms with Crippen molar-refractivity contribution >= 4 is 15.9 Å². The second-order valence-electron chi connectivity index (χ2n) is 8.78. The van der Waals surface area contributed by atoms with E-state index in [1.807, 2.05) is 6.07 Å². The summed E-state index contributed by atoms with van der Waals surface area (Å²) in [5.74, 6) is -1.43. The molecule has 3 aliphatic rings. The summed E-state index contributed by atoms with van der Waals surface area (Å²) >= 11 is 0. The summed E-state index contributed by atoms with van der Waals surface area (Å²) < 4.78 is 41.9. The Balaban J connectivity index is 1.21. The smallest absolute Gasteiger partial charge is 0.282 e. The van der Waals surface area contributed by atoms with E-state index in [2.05, 4.69) is 33.9 Å². The molecule has 0 radical (unpaired) electrons. The Morgan fingerprint density at radius 1 is 1.17 bits per heavy atom. The zero-order chi connectivity index (χ0) is 21.3. The van der Waals surface area contributed by atoms with Crippen molar-refractivity contribution in [3.05, 3.63) is 47.8 Å². The first kappa shape index (κ1) is 21.5. The van der Waals surface area contributed by atoms with Crippen LogP contribution in [-0.4, -0.2) is 62.1 Å². The minimum atomic E-state index is -3.52. The van der Waals surface area contributed by atoms with Crippen molar-refractivity contribution in [2.24, 2.45) is 11.8 Å². The van der Waals surface area contributed by atoms with Gasteiger partial charge < -0.3 is 4.90 Å². The molecular formula is C22H30FN3O3S. The van der Waals surface area contributed by atoms with E-state index in [4.69, 9.17) is 0 Å². The van der Waals surface area contributed by atoms with Crippen LogP contribution in [0.5, 0.6) is 0 Å². The number of piperidine rings is 1. The molecule has 4 rings (SSSR count). The number of benzene rings is 1. The van der Waals surface area contributed by atoms with Crippen LogP contribution in [-0.2, 0) is 21.4 Å². The summed E-state index contributed by atoms with van der Waals surface area (Å²) in [5, 5.41) is -0.656. The monoisotopic (exact) mass is 435 g/mol. The molecule has 0 aromatic heterocycles. The number of amides is 1. The number of nitrogens with zero attached hydrogens (tertiary/aromatic N) is 2. The Labute approximate surface area is 178 Å². The maximum atomic E-state index is 13.8. The molecule has 1 saturated heterocycles. The number of hydrogen-bond donors (Lipinski definition) is 1. The van der Waals surface area contributed by atoms with Gasteiger partial charge in [0, 0.05) is 32.1 Å². The Kier molecular flexibility index (Phi) is 6.27. The largest absolute Gasteiger partial charge is 0.336 e. The molecule has 0 unspecified atom stereocenters. The van der Waals surface area contributed by atoms with Crippen LogP contribution in [0, 0.1) is 11.8 Å². The summed E-state index contributed by atoms with van der Waals surface area (Å²) in [6.45, 7) is 3.44. The fourth-order valence-electron chi connectivity index (χ4n) is 4.92. The molecule has 1 N–H and O–H groups in total. The van der Waals surface area contributed by atoms with Crippen LogP contribution in [0.4, 0.5) is 4.39 Å². The third-order valence-electron chi connectivity index (χ3n) is 6.92. The van der Waals surface area contributed by atoms with E-state index in [1.54, 1.807) is 0 Å². The molecule has 6 nitrogen and oxygen atoms in total. The van der Waals surface area contributed by atoms with Crippen LogP contribution in [0.1, 0.15) is 31.2 Å². The fraction of sp³-hybridized carbons (Fsp3) is 0.591. The Hall–Kier alpha value is -1.77. The Bertz CT molecular complexity index is 897. The van der Waals surface area contributed by atoms with Gasteiger partial charge in [0.05, 0.1) is 5.25 Å². The second-order valence-corrected chi connectivity index (χ2v) is 10.8. The number of hydrogen-bond acceptors (Lipinski definition) is 4. The fourth-order valence-corrected chi connectivity index (χ4v) is 6.66. The van der Waals surface area contributed by atoms with Crippen LogP contribution in [0.2, 0.25) is 0 Å². The van der Waals surface area contributed by atoms with E-state index in [0.717, 1.165) is 38.9 Å². The van der Waals surface area contributed by atoms with Gasteiger partial charge in [-0.25, -0.2) is 17.5 Å². The summed E-state index contributed by atoms with van der Waals surface area (Å²) in [4.78, 5) is 15.4. The first-order valence-electron chi connectivity index (χ1n) is 10.7. The molecule has 0 bridgehead atoms.